The fourth-order valence-electron chi connectivity index (χ4n) is 3.79. The summed E-state index contributed by atoms with van der Waals surface area (Å²) in [5.74, 6) is -2.99. The molecule has 0 radical (unpaired) electrons. The molecule has 0 spiro atoms. The van der Waals surface area contributed by atoms with E-state index in [0.29, 0.717) is 12.8 Å². The molecule has 2 amide bonds. The van der Waals surface area contributed by atoms with Crippen molar-refractivity contribution in [2.24, 2.45) is 5.92 Å². The lowest BCUT2D eigenvalue weighted by atomic mass is 9.85. The summed E-state index contributed by atoms with van der Waals surface area (Å²) >= 11 is 6.11. The summed E-state index contributed by atoms with van der Waals surface area (Å²) in [6.45, 7) is -0.142. The van der Waals surface area contributed by atoms with Crippen molar-refractivity contribution < 1.29 is 27.2 Å². The van der Waals surface area contributed by atoms with Crippen LogP contribution in [0, 0.1) is 11.7 Å². The van der Waals surface area contributed by atoms with Gasteiger partial charge >= 0.3 is 6.18 Å². The molecule has 10 heteroatoms. The molecule has 2 unspecified atom stereocenters. The maximum atomic E-state index is 13.7. The van der Waals surface area contributed by atoms with Crippen molar-refractivity contribution in [3.8, 4) is 0 Å². The standard InChI is InChI=1S/C18H20ClF4N3O2/c19-13-5-4-10(20)7-12(13)15-16(24-8-14(27)26-15)17(28)25-11-3-1-2-9(6-11)18(21,22)23/h4-5,7,9,11,15-16,24H,1-3,6,8H2,(H,25,28)(H,26,27)/t9?,11?,15-,16+/m1/s1. The van der Waals surface area contributed by atoms with Crippen molar-refractivity contribution in [2.75, 3.05) is 6.54 Å². The van der Waals surface area contributed by atoms with E-state index in [2.05, 4.69) is 16.0 Å². The van der Waals surface area contributed by atoms with Crippen LogP contribution in [0.15, 0.2) is 18.2 Å². The molecule has 1 saturated heterocycles. The van der Waals surface area contributed by atoms with E-state index in [1.807, 2.05) is 0 Å². The van der Waals surface area contributed by atoms with Crippen LogP contribution in [-0.2, 0) is 9.59 Å². The third-order valence-corrected chi connectivity index (χ3v) is 5.54. The summed E-state index contributed by atoms with van der Waals surface area (Å²) < 4.78 is 52.6. The van der Waals surface area contributed by atoms with Crippen LogP contribution in [0.2, 0.25) is 5.02 Å². The Labute approximate surface area is 164 Å². The molecular weight excluding hydrogens is 402 g/mol. The zero-order valence-electron chi connectivity index (χ0n) is 14.8. The van der Waals surface area contributed by atoms with E-state index in [4.69, 9.17) is 11.6 Å². The number of halogens is 5. The Morgan fingerprint density at radius 2 is 2.00 bits per heavy atom. The highest BCUT2D eigenvalue weighted by Gasteiger charge is 2.43. The van der Waals surface area contributed by atoms with Crippen molar-refractivity contribution in [3.05, 3.63) is 34.6 Å². The number of rotatable bonds is 3. The average Bonchev–Trinajstić information content (AvgIpc) is 2.63. The minimum atomic E-state index is -4.29. The fraction of sp³-hybridized carbons (Fsp3) is 0.556. The van der Waals surface area contributed by atoms with E-state index in [1.165, 1.54) is 6.07 Å². The summed E-state index contributed by atoms with van der Waals surface area (Å²) in [6.07, 6.45) is -3.61. The van der Waals surface area contributed by atoms with Crippen LogP contribution in [0.3, 0.4) is 0 Å². The minimum Gasteiger partial charge on any atom is -0.352 e. The van der Waals surface area contributed by atoms with E-state index in [-0.39, 0.29) is 30.0 Å². The Morgan fingerprint density at radius 3 is 2.71 bits per heavy atom. The molecule has 154 valence electrons. The third-order valence-electron chi connectivity index (χ3n) is 5.19. The van der Waals surface area contributed by atoms with Gasteiger partial charge in [0.1, 0.15) is 11.9 Å². The normalized spacial score (nSPS) is 28.5. The second kappa shape index (κ2) is 8.24. The molecule has 0 aromatic heterocycles. The van der Waals surface area contributed by atoms with Crippen LogP contribution in [0.4, 0.5) is 17.6 Å². The zero-order chi connectivity index (χ0) is 20.5. The molecule has 1 heterocycles. The van der Waals surface area contributed by atoms with Gasteiger partial charge in [-0.15, -0.1) is 0 Å². The number of alkyl halides is 3. The van der Waals surface area contributed by atoms with Crippen molar-refractivity contribution >= 4 is 23.4 Å². The number of carbonyl (C=O) groups excluding carboxylic acids is 2. The number of amides is 2. The molecular formula is C18H20ClF4N3O2. The quantitative estimate of drug-likeness (QED) is 0.657. The van der Waals surface area contributed by atoms with Gasteiger partial charge in [0.25, 0.3) is 0 Å². The van der Waals surface area contributed by atoms with E-state index in [9.17, 15) is 27.2 Å². The van der Waals surface area contributed by atoms with Gasteiger partial charge in [0.05, 0.1) is 18.5 Å². The fourth-order valence-corrected chi connectivity index (χ4v) is 4.03. The summed E-state index contributed by atoms with van der Waals surface area (Å²) in [5, 5.41) is 8.20. The number of hydrogen-bond donors (Lipinski definition) is 3. The van der Waals surface area contributed by atoms with Crippen LogP contribution < -0.4 is 16.0 Å². The number of hydrogen-bond acceptors (Lipinski definition) is 3. The van der Waals surface area contributed by atoms with E-state index in [1.54, 1.807) is 0 Å². The zero-order valence-corrected chi connectivity index (χ0v) is 15.5. The largest absolute Gasteiger partial charge is 0.391 e. The van der Waals surface area contributed by atoms with Crippen LogP contribution >= 0.6 is 11.6 Å². The SMILES string of the molecule is O=C1CN[C@H](C(=O)NC2CCCC(C(F)(F)F)C2)[C@@H](c2cc(F)ccc2Cl)N1. The molecule has 1 saturated carbocycles. The van der Waals surface area contributed by atoms with Gasteiger partial charge in [-0.3, -0.25) is 14.9 Å². The second-order valence-electron chi connectivity index (χ2n) is 7.18. The molecule has 5 nitrogen and oxygen atoms in total. The van der Waals surface area contributed by atoms with Crippen LogP contribution in [0.25, 0.3) is 0 Å². The second-order valence-corrected chi connectivity index (χ2v) is 7.59. The maximum absolute atomic E-state index is 13.7. The first kappa shape index (κ1) is 20.9. The lowest BCUT2D eigenvalue weighted by Crippen LogP contribution is -2.61. The summed E-state index contributed by atoms with van der Waals surface area (Å²) in [5.41, 5.74) is 0.221. The Morgan fingerprint density at radius 1 is 1.25 bits per heavy atom. The van der Waals surface area contributed by atoms with Gasteiger partial charge in [0, 0.05) is 11.1 Å². The summed E-state index contributed by atoms with van der Waals surface area (Å²) in [4.78, 5) is 24.6. The summed E-state index contributed by atoms with van der Waals surface area (Å²) in [6, 6.07) is 1.06. The molecule has 4 atom stereocenters. The molecule has 1 aromatic rings. The van der Waals surface area contributed by atoms with Crippen LogP contribution in [0.1, 0.15) is 37.3 Å². The van der Waals surface area contributed by atoms with E-state index >= 15 is 0 Å². The van der Waals surface area contributed by atoms with Gasteiger partial charge in [-0.1, -0.05) is 18.0 Å². The predicted molar refractivity (Wildman–Crippen MR) is 94.0 cm³/mol. The Bertz CT molecular complexity index is 759. The smallest absolute Gasteiger partial charge is 0.352 e. The first-order valence-corrected chi connectivity index (χ1v) is 9.37. The Kier molecular flexibility index (Phi) is 6.14. The van der Waals surface area contributed by atoms with Gasteiger partial charge in [0.2, 0.25) is 11.8 Å². The van der Waals surface area contributed by atoms with Gasteiger partial charge in [0.15, 0.2) is 0 Å². The van der Waals surface area contributed by atoms with Crippen molar-refractivity contribution in [2.45, 2.75) is 50.0 Å². The highest BCUT2D eigenvalue weighted by Crippen LogP contribution is 2.37. The lowest BCUT2D eigenvalue weighted by Gasteiger charge is -2.36. The molecule has 1 aromatic carbocycles. The Balaban J connectivity index is 1.75. The monoisotopic (exact) mass is 421 g/mol. The average molecular weight is 422 g/mol. The number of benzene rings is 1. The number of nitrogens with one attached hydrogen (secondary N) is 3. The highest BCUT2D eigenvalue weighted by molar-refractivity contribution is 6.31. The minimum absolute atomic E-state index is 0.0507. The number of piperazine rings is 1. The van der Waals surface area contributed by atoms with Gasteiger partial charge in [-0.25, -0.2) is 4.39 Å². The topological polar surface area (TPSA) is 70.2 Å². The molecule has 0 bridgehead atoms. The molecule has 3 N–H and O–H groups in total. The first-order valence-electron chi connectivity index (χ1n) is 9.00. The van der Waals surface area contributed by atoms with Crippen molar-refractivity contribution in [1.29, 1.82) is 0 Å². The molecule has 1 aliphatic heterocycles. The van der Waals surface area contributed by atoms with Gasteiger partial charge in [-0.05, 0) is 43.0 Å². The molecule has 2 aliphatic rings. The highest BCUT2D eigenvalue weighted by atomic mass is 35.5. The molecule has 1 aliphatic carbocycles. The van der Waals surface area contributed by atoms with Crippen molar-refractivity contribution in [1.82, 2.24) is 16.0 Å². The summed E-state index contributed by atoms with van der Waals surface area (Å²) in [7, 11) is 0. The van der Waals surface area contributed by atoms with Crippen LogP contribution in [0.5, 0.6) is 0 Å². The van der Waals surface area contributed by atoms with E-state index in [0.717, 1.165) is 12.1 Å². The Hall–Kier alpha value is -1.87. The van der Waals surface area contributed by atoms with Crippen LogP contribution in [-0.4, -0.2) is 36.6 Å². The predicted octanol–water partition coefficient (Wildman–Crippen LogP) is 2.85. The molecule has 2 fully saturated rings. The van der Waals surface area contributed by atoms with E-state index < -0.39 is 47.9 Å². The molecule has 28 heavy (non-hydrogen) atoms. The van der Waals surface area contributed by atoms with Gasteiger partial charge in [-0.2, -0.15) is 13.2 Å². The maximum Gasteiger partial charge on any atom is 0.391 e. The third kappa shape index (κ3) is 4.75. The molecule has 3 rings (SSSR count). The lowest BCUT2D eigenvalue weighted by molar-refractivity contribution is -0.184. The number of carbonyl (C=O) groups is 2. The first-order chi connectivity index (χ1) is 13.1. The van der Waals surface area contributed by atoms with Gasteiger partial charge < -0.3 is 10.6 Å². The van der Waals surface area contributed by atoms with Crippen molar-refractivity contribution in [3.63, 3.8) is 0 Å².